The summed E-state index contributed by atoms with van der Waals surface area (Å²) in [7, 11) is 0. The van der Waals surface area contributed by atoms with E-state index in [0.29, 0.717) is 5.92 Å². The Labute approximate surface area is 85.8 Å². The van der Waals surface area contributed by atoms with Gasteiger partial charge in [0.25, 0.3) is 0 Å². The van der Waals surface area contributed by atoms with Crippen LogP contribution in [0.4, 0.5) is 0 Å². The summed E-state index contributed by atoms with van der Waals surface area (Å²) in [6, 6.07) is 0.0329. The summed E-state index contributed by atoms with van der Waals surface area (Å²) in [6.07, 6.45) is 5.66. The van der Waals surface area contributed by atoms with Crippen molar-refractivity contribution in [2.75, 3.05) is 0 Å². The molecule has 1 heterocycles. The summed E-state index contributed by atoms with van der Waals surface area (Å²) < 4.78 is 0. The maximum absolute atomic E-state index is 5.99. The molecule has 78 valence electrons. The zero-order valence-electron chi connectivity index (χ0n) is 9.20. The second-order valence-corrected chi connectivity index (χ2v) is 4.16. The van der Waals surface area contributed by atoms with E-state index in [-0.39, 0.29) is 6.04 Å². The third-order valence-electron chi connectivity index (χ3n) is 2.24. The van der Waals surface area contributed by atoms with Crippen LogP contribution in [0.5, 0.6) is 0 Å². The van der Waals surface area contributed by atoms with Crippen LogP contribution < -0.4 is 5.73 Å². The van der Waals surface area contributed by atoms with Crippen molar-refractivity contribution in [2.24, 2.45) is 11.7 Å². The molecule has 0 aromatic carbocycles. The molecule has 0 saturated heterocycles. The fourth-order valence-electron chi connectivity index (χ4n) is 1.25. The average Bonchev–Trinajstić information content (AvgIpc) is 2.15. The maximum Gasteiger partial charge on any atom is 0.0754 e. The van der Waals surface area contributed by atoms with Crippen LogP contribution in [0.15, 0.2) is 12.4 Å². The number of nitrogens with zero attached hydrogens (tertiary/aromatic N) is 2. The van der Waals surface area contributed by atoms with Crippen LogP contribution in [0, 0.1) is 12.8 Å². The molecule has 0 bridgehead atoms. The van der Waals surface area contributed by atoms with Gasteiger partial charge in [-0.1, -0.05) is 13.8 Å². The van der Waals surface area contributed by atoms with Gasteiger partial charge in [0.05, 0.1) is 17.6 Å². The van der Waals surface area contributed by atoms with E-state index in [1.54, 1.807) is 12.4 Å². The standard InChI is InChI=1S/C11H19N3/c1-8(2)4-5-10(12)11-7-13-9(3)6-14-11/h6-8,10H,4-5,12H2,1-3H3. The summed E-state index contributed by atoms with van der Waals surface area (Å²) in [4.78, 5) is 8.45. The van der Waals surface area contributed by atoms with Crippen molar-refractivity contribution < 1.29 is 0 Å². The highest BCUT2D eigenvalue weighted by atomic mass is 14.8. The lowest BCUT2D eigenvalue weighted by Gasteiger charge is -2.11. The van der Waals surface area contributed by atoms with Crippen molar-refractivity contribution in [2.45, 2.75) is 39.7 Å². The first-order valence-corrected chi connectivity index (χ1v) is 5.13. The van der Waals surface area contributed by atoms with Crippen LogP contribution in [-0.4, -0.2) is 9.97 Å². The van der Waals surface area contributed by atoms with Gasteiger partial charge in [0.15, 0.2) is 0 Å². The molecule has 1 rings (SSSR count). The van der Waals surface area contributed by atoms with Gasteiger partial charge in [-0.15, -0.1) is 0 Å². The van der Waals surface area contributed by atoms with E-state index in [0.717, 1.165) is 24.2 Å². The number of aryl methyl sites for hydroxylation is 1. The van der Waals surface area contributed by atoms with E-state index in [9.17, 15) is 0 Å². The van der Waals surface area contributed by atoms with Gasteiger partial charge in [0, 0.05) is 12.2 Å². The summed E-state index contributed by atoms with van der Waals surface area (Å²) in [5, 5.41) is 0. The highest BCUT2D eigenvalue weighted by Crippen LogP contribution is 2.15. The predicted molar refractivity (Wildman–Crippen MR) is 57.8 cm³/mol. The van der Waals surface area contributed by atoms with Gasteiger partial charge >= 0.3 is 0 Å². The Morgan fingerprint density at radius 2 is 1.93 bits per heavy atom. The van der Waals surface area contributed by atoms with E-state index in [1.807, 2.05) is 6.92 Å². The molecular weight excluding hydrogens is 174 g/mol. The monoisotopic (exact) mass is 193 g/mol. The van der Waals surface area contributed by atoms with Crippen LogP contribution >= 0.6 is 0 Å². The molecule has 0 saturated carbocycles. The molecule has 0 aliphatic rings. The lowest BCUT2D eigenvalue weighted by Crippen LogP contribution is -2.13. The highest BCUT2D eigenvalue weighted by molar-refractivity contribution is 5.04. The van der Waals surface area contributed by atoms with E-state index in [2.05, 4.69) is 23.8 Å². The smallest absolute Gasteiger partial charge is 0.0754 e. The highest BCUT2D eigenvalue weighted by Gasteiger charge is 2.08. The third-order valence-corrected chi connectivity index (χ3v) is 2.24. The molecule has 0 amide bonds. The van der Waals surface area contributed by atoms with Gasteiger partial charge in [-0.3, -0.25) is 9.97 Å². The molecule has 0 spiro atoms. The third kappa shape index (κ3) is 3.42. The first-order valence-electron chi connectivity index (χ1n) is 5.13. The van der Waals surface area contributed by atoms with E-state index >= 15 is 0 Å². The van der Waals surface area contributed by atoms with E-state index in [1.165, 1.54) is 0 Å². The molecule has 0 aliphatic carbocycles. The van der Waals surface area contributed by atoms with Gasteiger partial charge in [-0.25, -0.2) is 0 Å². The molecule has 1 atom stereocenters. The number of hydrogen-bond acceptors (Lipinski definition) is 3. The Hall–Kier alpha value is -0.960. The normalized spacial score (nSPS) is 13.2. The van der Waals surface area contributed by atoms with Crippen molar-refractivity contribution in [1.29, 1.82) is 0 Å². The van der Waals surface area contributed by atoms with Gasteiger partial charge in [0.1, 0.15) is 0 Å². The second kappa shape index (κ2) is 5.05. The zero-order chi connectivity index (χ0) is 10.6. The summed E-state index contributed by atoms with van der Waals surface area (Å²) >= 11 is 0. The fraction of sp³-hybridized carbons (Fsp3) is 0.636. The van der Waals surface area contributed by atoms with Crippen molar-refractivity contribution in [3.05, 3.63) is 23.8 Å². The van der Waals surface area contributed by atoms with Crippen LogP contribution in [0.25, 0.3) is 0 Å². The number of aromatic nitrogens is 2. The average molecular weight is 193 g/mol. The molecule has 1 aromatic heterocycles. The van der Waals surface area contributed by atoms with Gasteiger partial charge in [-0.2, -0.15) is 0 Å². The quantitative estimate of drug-likeness (QED) is 0.797. The first-order chi connectivity index (χ1) is 6.59. The molecular formula is C11H19N3. The van der Waals surface area contributed by atoms with Crippen molar-refractivity contribution in [1.82, 2.24) is 9.97 Å². The Bertz CT molecular complexity index is 266. The molecule has 14 heavy (non-hydrogen) atoms. The van der Waals surface area contributed by atoms with Gasteiger partial charge in [0.2, 0.25) is 0 Å². The summed E-state index contributed by atoms with van der Waals surface area (Å²) in [5.41, 5.74) is 7.83. The van der Waals surface area contributed by atoms with Crippen LogP contribution in [0.3, 0.4) is 0 Å². The van der Waals surface area contributed by atoms with Crippen molar-refractivity contribution in [3.63, 3.8) is 0 Å². The zero-order valence-corrected chi connectivity index (χ0v) is 9.20. The minimum absolute atomic E-state index is 0.0329. The number of nitrogens with two attached hydrogens (primary N) is 1. The van der Waals surface area contributed by atoms with Crippen LogP contribution in [0.2, 0.25) is 0 Å². The minimum atomic E-state index is 0.0329. The molecule has 3 heteroatoms. The molecule has 1 aromatic rings. The Morgan fingerprint density at radius 3 is 2.43 bits per heavy atom. The van der Waals surface area contributed by atoms with Gasteiger partial charge in [-0.05, 0) is 25.7 Å². The molecule has 2 N–H and O–H groups in total. The van der Waals surface area contributed by atoms with Crippen LogP contribution in [0.1, 0.15) is 44.1 Å². The molecule has 0 fully saturated rings. The lowest BCUT2D eigenvalue weighted by molar-refractivity contribution is 0.500. The Morgan fingerprint density at radius 1 is 1.21 bits per heavy atom. The first kappa shape index (κ1) is 11.1. The van der Waals surface area contributed by atoms with Gasteiger partial charge < -0.3 is 5.73 Å². The minimum Gasteiger partial charge on any atom is -0.323 e. The topological polar surface area (TPSA) is 51.8 Å². The molecule has 3 nitrogen and oxygen atoms in total. The maximum atomic E-state index is 5.99. The number of hydrogen-bond donors (Lipinski definition) is 1. The lowest BCUT2D eigenvalue weighted by atomic mass is 10.0. The SMILES string of the molecule is Cc1cnc(C(N)CCC(C)C)cn1. The fourth-order valence-corrected chi connectivity index (χ4v) is 1.25. The molecule has 0 radical (unpaired) electrons. The molecule has 1 unspecified atom stereocenters. The van der Waals surface area contributed by atoms with E-state index < -0.39 is 0 Å². The largest absolute Gasteiger partial charge is 0.323 e. The summed E-state index contributed by atoms with van der Waals surface area (Å²) in [5.74, 6) is 0.694. The predicted octanol–water partition coefficient (Wildman–Crippen LogP) is 2.22. The van der Waals surface area contributed by atoms with E-state index in [4.69, 9.17) is 5.73 Å². The molecule has 0 aliphatic heterocycles. The van der Waals surface area contributed by atoms with Crippen molar-refractivity contribution >= 4 is 0 Å². The van der Waals surface area contributed by atoms with Crippen molar-refractivity contribution in [3.8, 4) is 0 Å². The van der Waals surface area contributed by atoms with Crippen LogP contribution in [-0.2, 0) is 0 Å². The summed E-state index contributed by atoms with van der Waals surface area (Å²) in [6.45, 7) is 6.33. The second-order valence-electron chi connectivity index (χ2n) is 4.16. The number of rotatable bonds is 4. The Balaban J connectivity index is 2.52. The Kier molecular flexibility index (Phi) is 4.01.